The minimum absolute atomic E-state index is 0.118. The summed E-state index contributed by atoms with van der Waals surface area (Å²) in [5, 5.41) is 6.90. The lowest BCUT2D eigenvalue weighted by atomic mass is 10.0. The van der Waals surface area contributed by atoms with Crippen molar-refractivity contribution in [3.8, 4) is 0 Å². The third-order valence-corrected chi connectivity index (χ3v) is 6.17. The number of carbonyl (C=O) groups excluding carboxylic acids is 1. The second-order valence-electron chi connectivity index (χ2n) is 8.09. The molecule has 0 radical (unpaired) electrons. The molecule has 3 aromatic heterocycles. The van der Waals surface area contributed by atoms with Gasteiger partial charge in [0.2, 0.25) is 5.91 Å². The van der Waals surface area contributed by atoms with E-state index in [9.17, 15) is 4.79 Å². The third kappa shape index (κ3) is 4.67. The number of hydrogen-bond donors (Lipinski definition) is 2. The molecule has 2 unspecified atom stereocenters. The molecule has 4 aromatic rings. The Balaban J connectivity index is 1.47. The number of anilines is 1. The predicted molar refractivity (Wildman–Crippen MR) is 135 cm³/mol. The Morgan fingerprint density at radius 2 is 1.85 bits per heavy atom. The molecule has 170 valence electrons. The van der Waals surface area contributed by atoms with Gasteiger partial charge in [-0.25, -0.2) is 0 Å². The highest BCUT2D eigenvalue weighted by Crippen LogP contribution is 2.38. The Morgan fingerprint density at radius 3 is 2.62 bits per heavy atom. The molecule has 8 heteroatoms. The summed E-state index contributed by atoms with van der Waals surface area (Å²) in [7, 11) is 0. The van der Waals surface area contributed by atoms with Crippen molar-refractivity contribution in [2.24, 2.45) is 0 Å². The minimum atomic E-state index is -0.212. The van der Waals surface area contributed by atoms with E-state index in [2.05, 4.69) is 37.3 Å². The molecule has 1 aliphatic rings. The van der Waals surface area contributed by atoms with E-state index in [1.807, 2.05) is 78.0 Å². The smallest absolute Gasteiger partial charge is 0.244 e. The molecule has 1 amide bonds. The first-order chi connectivity index (χ1) is 16.7. The number of amides is 1. The van der Waals surface area contributed by atoms with Crippen LogP contribution in [0.5, 0.6) is 0 Å². The van der Waals surface area contributed by atoms with Gasteiger partial charge in [-0.3, -0.25) is 14.8 Å². The van der Waals surface area contributed by atoms with Gasteiger partial charge in [0.15, 0.2) is 5.11 Å². The van der Waals surface area contributed by atoms with E-state index in [1.165, 1.54) is 0 Å². The molecule has 1 aliphatic heterocycles. The van der Waals surface area contributed by atoms with Crippen molar-refractivity contribution >= 4 is 28.9 Å². The minimum Gasteiger partial charge on any atom is -0.352 e. The zero-order chi connectivity index (χ0) is 23.3. The highest BCUT2D eigenvalue weighted by Gasteiger charge is 2.41. The molecule has 5 rings (SSSR count). The zero-order valence-corrected chi connectivity index (χ0v) is 19.2. The van der Waals surface area contributed by atoms with Crippen LogP contribution < -0.4 is 10.6 Å². The van der Waals surface area contributed by atoms with Crippen molar-refractivity contribution in [3.05, 3.63) is 115 Å². The second kappa shape index (κ2) is 9.84. The summed E-state index contributed by atoms with van der Waals surface area (Å²) in [6, 6.07) is 22.9. The summed E-state index contributed by atoms with van der Waals surface area (Å²) in [5.74, 6) is -0.132. The molecule has 2 N–H and O–H groups in total. The average Bonchev–Trinajstić information content (AvgIpc) is 3.44. The fourth-order valence-corrected chi connectivity index (χ4v) is 4.61. The number of nitrogens with zero attached hydrogens (tertiary/aromatic N) is 4. The summed E-state index contributed by atoms with van der Waals surface area (Å²) in [6.07, 6.45) is 7.45. The molecular weight excluding hydrogens is 444 g/mol. The van der Waals surface area contributed by atoms with Crippen LogP contribution in [0.1, 0.15) is 29.0 Å². The van der Waals surface area contributed by atoms with E-state index < -0.39 is 0 Å². The van der Waals surface area contributed by atoms with Crippen LogP contribution in [0, 0.1) is 0 Å². The van der Waals surface area contributed by atoms with Gasteiger partial charge in [-0.05, 0) is 60.2 Å². The normalized spacial score (nSPS) is 17.4. The van der Waals surface area contributed by atoms with Gasteiger partial charge in [0.05, 0.1) is 17.8 Å². The van der Waals surface area contributed by atoms with Crippen LogP contribution in [-0.4, -0.2) is 37.0 Å². The van der Waals surface area contributed by atoms with Crippen molar-refractivity contribution < 1.29 is 4.79 Å². The predicted octanol–water partition coefficient (Wildman–Crippen LogP) is 3.94. The van der Waals surface area contributed by atoms with Crippen LogP contribution in [-0.2, 0) is 11.3 Å². The molecule has 4 heterocycles. The Morgan fingerprint density at radius 1 is 1.00 bits per heavy atom. The van der Waals surface area contributed by atoms with E-state index >= 15 is 0 Å². The Hall–Kier alpha value is -4.04. The molecule has 1 fully saturated rings. The van der Waals surface area contributed by atoms with Gasteiger partial charge in [-0.1, -0.05) is 30.3 Å². The first-order valence-electron chi connectivity index (χ1n) is 11.1. The summed E-state index contributed by atoms with van der Waals surface area (Å²) in [4.78, 5) is 23.7. The summed E-state index contributed by atoms with van der Waals surface area (Å²) in [5.41, 5.74) is 3.76. The summed E-state index contributed by atoms with van der Waals surface area (Å²) in [6.45, 7) is 0.783. The fraction of sp³-hybridized carbons (Fsp3) is 0.154. The van der Waals surface area contributed by atoms with E-state index in [-0.39, 0.29) is 24.5 Å². The van der Waals surface area contributed by atoms with Crippen LogP contribution >= 0.6 is 12.2 Å². The van der Waals surface area contributed by atoms with E-state index in [0.717, 1.165) is 22.6 Å². The maximum Gasteiger partial charge on any atom is 0.244 e. The van der Waals surface area contributed by atoms with E-state index in [0.29, 0.717) is 11.7 Å². The van der Waals surface area contributed by atoms with E-state index in [1.54, 1.807) is 12.4 Å². The van der Waals surface area contributed by atoms with E-state index in [4.69, 9.17) is 12.2 Å². The number of benzene rings is 1. The van der Waals surface area contributed by atoms with Gasteiger partial charge < -0.3 is 20.1 Å². The van der Waals surface area contributed by atoms with Crippen LogP contribution in [0.25, 0.3) is 0 Å². The maximum absolute atomic E-state index is 13.0. The van der Waals surface area contributed by atoms with Crippen molar-refractivity contribution in [1.29, 1.82) is 0 Å². The van der Waals surface area contributed by atoms with Crippen LogP contribution in [0.3, 0.4) is 0 Å². The third-order valence-electron chi connectivity index (χ3n) is 5.81. The molecule has 0 saturated carbocycles. The Labute approximate surface area is 203 Å². The van der Waals surface area contributed by atoms with Gasteiger partial charge in [-0.2, -0.15) is 0 Å². The highest BCUT2D eigenvalue weighted by molar-refractivity contribution is 7.80. The number of aromatic nitrogens is 3. The topological polar surface area (TPSA) is 75.1 Å². The van der Waals surface area contributed by atoms with Gasteiger partial charge in [0, 0.05) is 42.7 Å². The summed E-state index contributed by atoms with van der Waals surface area (Å²) >= 11 is 5.71. The van der Waals surface area contributed by atoms with Gasteiger partial charge >= 0.3 is 0 Å². The number of carbonyl (C=O) groups is 1. The molecule has 34 heavy (non-hydrogen) atoms. The average molecular weight is 469 g/mol. The highest BCUT2D eigenvalue weighted by atomic mass is 32.1. The van der Waals surface area contributed by atoms with Gasteiger partial charge in [-0.15, -0.1) is 0 Å². The number of nitrogens with one attached hydrogen (secondary N) is 2. The molecule has 1 saturated heterocycles. The van der Waals surface area contributed by atoms with Crippen LogP contribution in [0.2, 0.25) is 0 Å². The lowest BCUT2D eigenvalue weighted by molar-refractivity contribution is -0.116. The number of thiocarbonyl (C=S) groups is 1. The molecule has 7 nitrogen and oxygen atoms in total. The Kier molecular flexibility index (Phi) is 6.31. The molecule has 2 atom stereocenters. The quantitative estimate of drug-likeness (QED) is 0.400. The van der Waals surface area contributed by atoms with Crippen molar-refractivity contribution in [2.75, 3.05) is 11.9 Å². The standard InChI is InChI=1S/C26H24N6OS/c33-23(29-20-9-2-1-3-10-20)18-32-25(24(30-26(32)34)21-11-4-5-14-28-21)22-12-7-15-31(22)17-19-8-6-13-27-16-19/h1-16,24-25H,17-18H2,(H,29,33)(H,30,34). The zero-order valence-electron chi connectivity index (χ0n) is 18.4. The monoisotopic (exact) mass is 468 g/mol. The SMILES string of the molecule is O=C(CN1C(=S)NC(c2ccccn2)C1c1cccn1Cc1cccnc1)Nc1ccccc1. The van der Waals surface area contributed by atoms with Gasteiger partial charge in [0.1, 0.15) is 6.54 Å². The van der Waals surface area contributed by atoms with Gasteiger partial charge in [0.25, 0.3) is 0 Å². The van der Waals surface area contributed by atoms with Crippen molar-refractivity contribution in [3.63, 3.8) is 0 Å². The molecule has 1 aromatic carbocycles. The first kappa shape index (κ1) is 21.8. The van der Waals surface area contributed by atoms with Crippen LogP contribution in [0.15, 0.2) is 97.6 Å². The van der Waals surface area contributed by atoms with Crippen LogP contribution in [0.4, 0.5) is 5.69 Å². The number of rotatable bonds is 7. The Bertz CT molecular complexity index is 1260. The number of hydrogen-bond acceptors (Lipinski definition) is 4. The maximum atomic E-state index is 13.0. The van der Waals surface area contributed by atoms with Crippen molar-refractivity contribution in [1.82, 2.24) is 24.8 Å². The number of pyridine rings is 2. The summed E-state index contributed by atoms with van der Waals surface area (Å²) < 4.78 is 2.18. The lowest BCUT2D eigenvalue weighted by Gasteiger charge is -2.28. The second-order valence-corrected chi connectivity index (χ2v) is 8.48. The first-order valence-corrected chi connectivity index (χ1v) is 11.5. The fourth-order valence-electron chi connectivity index (χ4n) is 4.30. The molecule has 0 spiro atoms. The largest absolute Gasteiger partial charge is 0.352 e. The molecule has 0 bridgehead atoms. The molecule has 0 aliphatic carbocycles. The van der Waals surface area contributed by atoms with Crippen molar-refractivity contribution in [2.45, 2.75) is 18.6 Å². The number of para-hydroxylation sites is 1. The molecular formula is C26H24N6OS. The lowest BCUT2D eigenvalue weighted by Crippen LogP contribution is -2.37.